The third-order valence-electron chi connectivity index (χ3n) is 3.32. The number of para-hydroxylation sites is 1. The molecule has 0 fully saturated rings. The minimum absolute atomic E-state index is 0.00646. The molecule has 0 unspecified atom stereocenters. The number of aryl methyl sites for hydroxylation is 1. The number of hydrogen-bond acceptors (Lipinski definition) is 3. The fraction of sp³-hybridized carbons (Fsp3) is 0.0556. The van der Waals surface area contributed by atoms with Crippen LogP contribution in [-0.4, -0.2) is 17.0 Å². The van der Waals surface area contributed by atoms with Gasteiger partial charge in [0.05, 0.1) is 16.3 Å². The summed E-state index contributed by atoms with van der Waals surface area (Å²) in [6, 6.07) is 13.1. The SMILES string of the molecule is Cc1cccc(Cl)c1NC(=O)/C(C#N)=C/c1ccccc1C(=O)O. The normalized spacial score (nSPS) is 10.8. The molecule has 2 N–H and O–H groups in total. The van der Waals surface area contributed by atoms with Gasteiger partial charge in [-0.05, 0) is 36.3 Å². The van der Waals surface area contributed by atoms with E-state index in [0.717, 1.165) is 5.56 Å². The number of aromatic carboxylic acids is 1. The monoisotopic (exact) mass is 340 g/mol. The van der Waals surface area contributed by atoms with Gasteiger partial charge < -0.3 is 10.4 Å². The molecule has 6 heteroatoms. The van der Waals surface area contributed by atoms with Crippen molar-refractivity contribution in [3.63, 3.8) is 0 Å². The number of benzene rings is 2. The first-order valence-corrected chi connectivity index (χ1v) is 7.32. The van der Waals surface area contributed by atoms with Gasteiger partial charge in [-0.15, -0.1) is 0 Å². The van der Waals surface area contributed by atoms with Crippen molar-refractivity contribution in [1.82, 2.24) is 0 Å². The average molecular weight is 341 g/mol. The van der Waals surface area contributed by atoms with E-state index in [9.17, 15) is 14.9 Å². The molecule has 0 saturated heterocycles. The zero-order chi connectivity index (χ0) is 17.7. The van der Waals surface area contributed by atoms with Crippen molar-refractivity contribution >= 4 is 35.2 Å². The first kappa shape index (κ1) is 17.3. The van der Waals surface area contributed by atoms with E-state index >= 15 is 0 Å². The van der Waals surface area contributed by atoms with Gasteiger partial charge in [0.2, 0.25) is 0 Å². The average Bonchev–Trinajstić information content (AvgIpc) is 2.56. The molecule has 1 amide bonds. The molecular weight excluding hydrogens is 328 g/mol. The Bertz CT molecular complexity index is 862. The number of amides is 1. The van der Waals surface area contributed by atoms with E-state index in [1.165, 1.54) is 18.2 Å². The summed E-state index contributed by atoms with van der Waals surface area (Å²) < 4.78 is 0. The second-order valence-electron chi connectivity index (χ2n) is 4.95. The number of carboxylic acids is 1. The molecule has 2 aromatic rings. The summed E-state index contributed by atoms with van der Waals surface area (Å²) in [6.07, 6.45) is 1.24. The maximum absolute atomic E-state index is 12.3. The molecule has 120 valence electrons. The predicted molar refractivity (Wildman–Crippen MR) is 91.8 cm³/mol. The lowest BCUT2D eigenvalue weighted by atomic mass is 10.0. The summed E-state index contributed by atoms with van der Waals surface area (Å²) in [5, 5.41) is 21.4. The Kier molecular flexibility index (Phi) is 5.35. The molecule has 0 aliphatic carbocycles. The Labute approximate surface area is 143 Å². The third-order valence-corrected chi connectivity index (χ3v) is 3.63. The van der Waals surface area contributed by atoms with Crippen LogP contribution < -0.4 is 5.32 Å². The highest BCUT2D eigenvalue weighted by Crippen LogP contribution is 2.26. The largest absolute Gasteiger partial charge is 0.478 e. The molecule has 0 spiro atoms. The second-order valence-corrected chi connectivity index (χ2v) is 5.36. The van der Waals surface area contributed by atoms with E-state index in [1.807, 2.05) is 0 Å². The molecular formula is C18H13ClN2O3. The summed E-state index contributed by atoms with van der Waals surface area (Å²) >= 11 is 6.05. The van der Waals surface area contributed by atoms with Gasteiger partial charge in [0, 0.05) is 0 Å². The second kappa shape index (κ2) is 7.44. The molecule has 0 aromatic heterocycles. The van der Waals surface area contributed by atoms with Crippen molar-refractivity contribution in [2.24, 2.45) is 0 Å². The van der Waals surface area contributed by atoms with E-state index < -0.39 is 11.9 Å². The van der Waals surface area contributed by atoms with Crippen LogP contribution in [0.5, 0.6) is 0 Å². The van der Waals surface area contributed by atoms with Crippen LogP contribution in [0.4, 0.5) is 5.69 Å². The van der Waals surface area contributed by atoms with Gasteiger partial charge in [0.1, 0.15) is 11.6 Å². The van der Waals surface area contributed by atoms with Crippen LogP contribution in [0, 0.1) is 18.3 Å². The van der Waals surface area contributed by atoms with Gasteiger partial charge in [0.25, 0.3) is 5.91 Å². The number of nitrogens with zero attached hydrogens (tertiary/aromatic N) is 1. The number of halogens is 1. The number of carboxylic acid groups (broad SMARTS) is 1. The molecule has 0 radical (unpaired) electrons. The molecule has 0 atom stereocenters. The summed E-state index contributed by atoms with van der Waals surface area (Å²) in [4.78, 5) is 23.5. The van der Waals surface area contributed by atoms with Gasteiger partial charge in [-0.25, -0.2) is 4.79 Å². The highest BCUT2D eigenvalue weighted by molar-refractivity contribution is 6.34. The zero-order valence-electron chi connectivity index (χ0n) is 12.7. The van der Waals surface area contributed by atoms with Crippen LogP contribution in [0.1, 0.15) is 21.5 Å². The Morgan fingerprint density at radius 1 is 1.21 bits per heavy atom. The first-order valence-electron chi connectivity index (χ1n) is 6.94. The summed E-state index contributed by atoms with van der Waals surface area (Å²) in [5.74, 6) is -1.80. The van der Waals surface area contributed by atoms with Crippen LogP contribution in [0.15, 0.2) is 48.0 Å². The van der Waals surface area contributed by atoms with Crippen molar-refractivity contribution in [2.45, 2.75) is 6.92 Å². The number of hydrogen-bond donors (Lipinski definition) is 2. The minimum Gasteiger partial charge on any atom is -0.478 e. The Balaban J connectivity index is 2.37. The summed E-state index contributed by atoms with van der Waals surface area (Å²) in [5.41, 5.74) is 1.22. The number of nitriles is 1. The Hall–Kier alpha value is -3.10. The molecule has 2 aromatic carbocycles. The van der Waals surface area contributed by atoms with Gasteiger partial charge in [-0.3, -0.25) is 4.79 Å². The maximum atomic E-state index is 12.3. The van der Waals surface area contributed by atoms with Gasteiger partial charge in [-0.2, -0.15) is 5.26 Å². The number of rotatable bonds is 4. The third kappa shape index (κ3) is 3.80. The van der Waals surface area contributed by atoms with E-state index in [0.29, 0.717) is 10.7 Å². The number of nitrogens with one attached hydrogen (secondary N) is 1. The highest BCUT2D eigenvalue weighted by atomic mass is 35.5. The molecule has 5 nitrogen and oxygen atoms in total. The van der Waals surface area contributed by atoms with Crippen LogP contribution in [0.2, 0.25) is 5.02 Å². The topological polar surface area (TPSA) is 90.2 Å². The van der Waals surface area contributed by atoms with E-state index in [4.69, 9.17) is 16.7 Å². The minimum atomic E-state index is -1.14. The summed E-state index contributed by atoms with van der Waals surface area (Å²) in [7, 11) is 0. The lowest BCUT2D eigenvalue weighted by Gasteiger charge is -2.10. The van der Waals surface area contributed by atoms with E-state index in [2.05, 4.69) is 5.32 Å². The highest BCUT2D eigenvalue weighted by Gasteiger charge is 2.15. The molecule has 0 bridgehead atoms. The predicted octanol–water partition coefficient (Wildman–Crippen LogP) is 3.89. The first-order chi connectivity index (χ1) is 11.4. The van der Waals surface area contributed by atoms with Crippen molar-refractivity contribution in [2.75, 3.05) is 5.32 Å². The van der Waals surface area contributed by atoms with Crippen molar-refractivity contribution in [1.29, 1.82) is 5.26 Å². The molecule has 24 heavy (non-hydrogen) atoms. The van der Waals surface area contributed by atoms with Crippen LogP contribution in [0.3, 0.4) is 0 Å². The van der Waals surface area contributed by atoms with Crippen LogP contribution in [0.25, 0.3) is 6.08 Å². The Morgan fingerprint density at radius 3 is 2.54 bits per heavy atom. The molecule has 0 heterocycles. The number of carbonyl (C=O) groups excluding carboxylic acids is 1. The van der Waals surface area contributed by atoms with Gasteiger partial charge in [-0.1, -0.05) is 41.9 Å². The van der Waals surface area contributed by atoms with Crippen molar-refractivity contribution < 1.29 is 14.7 Å². The van der Waals surface area contributed by atoms with Gasteiger partial charge >= 0.3 is 5.97 Å². The van der Waals surface area contributed by atoms with Crippen molar-refractivity contribution in [3.05, 3.63) is 69.8 Å². The fourth-order valence-electron chi connectivity index (χ4n) is 2.09. The van der Waals surface area contributed by atoms with Crippen molar-refractivity contribution in [3.8, 4) is 6.07 Å². The number of anilines is 1. The lowest BCUT2D eigenvalue weighted by Crippen LogP contribution is -2.15. The van der Waals surface area contributed by atoms with E-state index in [-0.39, 0.29) is 16.7 Å². The lowest BCUT2D eigenvalue weighted by molar-refractivity contribution is -0.112. The molecule has 2 rings (SSSR count). The van der Waals surface area contributed by atoms with Crippen LogP contribution >= 0.6 is 11.6 Å². The number of carbonyl (C=O) groups is 2. The molecule has 0 aliphatic rings. The molecule has 0 saturated carbocycles. The molecule has 0 aliphatic heterocycles. The smallest absolute Gasteiger partial charge is 0.336 e. The standard InChI is InChI=1S/C18H13ClN2O3/c1-11-5-4-8-15(19)16(11)21-17(22)13(10-20)9-12-6-2-3-7-14(12)18(23)24/h2-9H,1H3,(H,21,22)(H,23,24)/b13-9+. The Morgan fingerprint density at radius 2 is 1.92 bits per heavy atom. The fourth-order valence-corrected chi connectivity index (χ4v) is 2.36. The summed E-state index contributed by atoms with van der Waals surface area (Å²) in [6.45, 7) is 1.77. The van der Waals surface area contributed by atoms with Crippen LogP contribution in [-0.2, 0) is 4.79 Å². The van der Waals surface area contributed by atoms with Gasteiger partial charge in [0.15, 0.2) is 0 Å². The quantitative estimate of drug-likeness (QED) is 0.652. The van der Waals surface area contributed by atoms with E-state index in [1.54, 1.807) is 43.3 Å². The maximum Gasteiger partial charge on any atom is 0.336 e. The zero-order valence-corrected chi connectivity index (χ0v) is 13.5.